The minimum Gasteiger partial charge on any atom is -0.345 e. The zero-order valence-corrected chi connectivity index (χ0v) is 12.9. The first-order valence-electron chi connectivity index (χ1n) is 8.02. The number of nitrogens with one attached hydrogen (secondary N) is 2. The summed E-state index contributed by atoms with van der Waals surface area (Å²) in [7, 11) is 0. The molecule has 0 unspecified atom stereocenters. The Morgan fingerprint density at radius 3 is 2.65 bits per heavy atom. The molecule has 1 saturated heterocycles. The van der Waals surface area contributed by atoms with Gasteiger partial charge in [-0.05, 0) is 37.4 Å². The first-order valence-corrected chi connectivity index (χ1v) is 8.02. The van der Waals surface area contributed by atoms with E-state index in [-0.39, 0.29) is 0 Å². The van der Waals surface area contributed by atoms with Crippen molar-refractivity contribution in [3.05, 3.63) is 54.9 Å². The van der Waals surface area contributed by atoms with E-state index < -0.39 is 0 Å². The first kappa shape index (κ1) is 14.1. The molecule has 3 aromatic rings. The predicted octanol–water partition coefficient (Wildman–Crippen LogP) is 3.00. The van der Waals surface area contributed by atoms with Crippen LogP contribution in [0.1, 0.15) is 24.3 Å². The van der Waals surface area contributed by atoms with Gasteiger partial charge in [-0.3, -0.25) is 0 Å². The predicted molar refractivity (Wildman–Crippen MR) is 89.9 cm³/mol. The van der Waals surface area contributed by atoms with Gasteiger partial charge in [0.15, 0.2) is 0 Å². The summed E-state index contributed by atoms with van der Waals surface area (Å²) in [5.74, 6) is 0.581. The molecule has 3 heterocycles. The summed E-state index contributed by atoms with van der Waals surface area (Å²) in [6.07, 6.45) is 9.31. The number of imidazole rings is 1. The summed E-state index contributed by atoms with van der Waals surface area (Å²) in [6, 6.07) is 8.61. The molecule has 0 radical (unpaired) electrons. The zero-order chi connectivity index (χ0) is 15.5. The summed E-state index contributed by atoms with van der Waals surface area (Å²) in [6.45, 7) is 2.16. The average molecular weight is 305 g/mol. The van der Waals surface area contributed by atoms with Crippen LogP contribution in [0, 0.1) is 0 Å². The second kappa shape index (κ2) is 6.30. The Balaban J connectivity index is 1.83. The fourth-order valence-electron chi connectivity index (χ4n) is 3.35. The van der Waals surface area contributed by atoms with Gasteiger partial charge in [-0.2, -0.15) is 0 Å². The van der Waals surface area contributed by atoms with E-state index in [1.165, 1.54) is 24.0 Å². The smallest absolute Gasteiger partial charge is 0.116 e. The SMILES string of the molecule is c1ccc(C2CCNCC2)c(-c2ncncc2-c2cnc[nH]2)c1. The van der Waals surface area contributed by atoms with Crippen molar-refractivity contribution >= 4 is 0 Å². The molecule has 0 amide bonds. The van der Waals surface area contributed by atoms with Gasteiger partial charge in [0.25, 0.3) is 0 Å². The van der Waals surface area contributed by atoms with Crippen LogP contribution in [0.15, 0.2) is 49.3 Å². The van der Waals surface area contributed by atoms with Crippen LogP contribution >= 0.6 is 0 Å². The van der Waals surface area contributed by atoms with Crippen LogP contribution in [-0.2, 0) is 0 Å². The molecule has 2 aromatic heterocycles. The van der Waals surface area contributed by atoms with Crippen LogP contribution in [0.4, 0.5) is 0 Å². The molecule has 116 valence electrons. The van der Waals surface area contributed by atoms with E-state index >= 15 is 0 Å². The minimum absolute atomic E-state index is 0.581. The number of aromatic amines is 1. The van der Waals surface area contributed by atoms with Gasteiger partial charge in [-0.1, -0.05) is 24.3 Å². The van der Waals surface area contributed by atoms with Gasteiger partial charge < -0.3 is 10.3 Å². The highest BCUT2D eigenvalue weighted by molar-refractivity contribution is 5.79. The Kier molecular flexibility index (Phi) is 3.86. The molecule has 0 atom stereocenters. The van der Waals surface area contributed by atoms with Gasteiger partial charge in [0.1, 0.15) is 6.33 Å². The lowest BCUT2D eigenvalue weighted by Gasteiger charge is -2.25. The van der Waals surface area contributed by atoms with Gasteiger partial charge in [-0.15, -0.1) is 0 Å². The maximum absolute atomic E-state index is 4.59. The van der Waals surface area contributed by atoms with E-state index in [1.54, 1.807) is 12.7 Å². The van der Waals surface area contributed by atoms with E-state index in [0.717, 1.165) is 30.0 Å². The zero-order valence-electron chi connectivity index (χ0n) is 12.9. The number of aromatic nitrogens is 4. The fourth-order valence-corrected chi connectivity index (χ4v) is 3.35. The lowest BCUT2D eigenvalue weighted by atomic mass is 9.85. The molecule has 2 N–H and O–H groups in total. The Labute approximate surface area is 135 Å². The molecule has 0 aliphatic carbocycles. The summed E-state index contributed by atoms with van der Waals surface area (Å²) in [4.78, 5) is 16.1. The standard InChI is InChI=1S/C18H19N5/c1-2-4-15(14(3-1)13-5-7-19-8-6-13)18-16(9-20-12-23-18)17-10-21-11-22-17/h1-4,9-13,19H,5-8H2,(H,21,22). The van der Waals surface area contributed by atoms with Crippen molar-refractivity contribution in [1.29, 1.82) is 0 Å². The number of H-pyrrole nitrogens is 1. The molecule has 1 aliphatic rings. The summed E-state index contributed by atoms with van der Waals surface area (Å²) < 4.78 is 0. The Morgan fingerprint density at radius 1 is 0.957 bits per heavy atom. The number of rotatable bonds is 3. The number of hydrogen-bond acceptors (Lipinski definition) is 4. The van der Waals surface area contributed by atoms with Crippen LogP contribution in [-0.4, -0.2) is 33.0 Å². The van der Waals surface area contributed by atoms with Crippen LogP contribution in [0.25, 0.3) is 22.5 Å². The molecule has 4 rings (SSSR count). The van der Waals surface area contributed by atoms with Crippen LogP contribution in [0.5, 0.6) is 0 Å². The Morgan fingerprint density at radius 2 is 1.83 bits per heavy atom. The van der Waals surface area contributed by atoms with Crippen LogP contribution in [0.2, 0.25) is 0 Å². The molecule has 23 heavy (non-hydrogen) atoms. The fraction of sp³-hybridized carbons (Fsp3) is 0.278. The first-order chi connectivity index (χ1) is 11.4. The Hall–Kier alpha value is -2.53. The van der Waals surface area contributed by atoms with Crippen molar-refractivity contribution in [1.82, 2.24) is 25.3 Å². The van der Waals surface area contributed by atoms with Crippen molar-refractivity contribution in [2.45, 2.75) is 18.8 Å². The molecule has 1 aliphatic heterocycles. The largest absolute Gasteiger partial charge is 0.345 e. The topological polar surface area (TPSA) is 66.5 Å². The summed E-state index contributed by atoms with van der Waals surface area (Å²) in [5, 5.41) is 3.44. The molecule has 1 aromatic carbocycles. The van der Waals surface area contributed by atoms with Gasteiger partial charge in [0, 0.05) is 17.3 Å². The van der Waals surface area contributed by atoms with Gasteiger partial charge >= 0.3 is 0 Å². The third kappa shape index (κ3) is 2.75. The second-order valence-corrected chi connectivity index (χ2v) is 5.86. The maximum atomic E-state index is 4.59. The highest BCUT2D eigenvalue weighted by atomic mass is 14.9. The van der Waals surface area contributed by atoms with Crippen molar-refractivity contribution in [2.75, 3.05) is 13.1 Å². The number of benzene rings is 1. The summed E-state index contributed by atoms with van der Waals surface area (Å²) in [5.41, 5.74) is 5.49. The van der Waals surface area contributed by atoms with Crippen molar-refractivity contribution in [3.63, 3.8) is 0 Å². The van der Waals surface area contributed by atoms with Crippen molar-refractivity contribution in [3.8, 4) is 22.5 Å². The number of nitrogens with zero attached hydrogens (tertiary/aromatic N) is 3. The van der Waals surface area contributed by atoms with Crippen molar-refractivity contribution < 1.29 is 0 Å². The lowest BCUT2D eigenvalue weighted by molar-refractivity contribution is 0.461. The quantitative estimate of drug-likeness (QED) is 0.780. The van der Waals surface area contributed by atoms with E-state index in [9.17, 15) is 0 Å². The molecule has 1 fully saturated rings. The summed E-state index contributed by atoms with van der Waals surface area (Å²) >= 11 is 0. The third-order valence-corrected chi connectivity index (χ3v) is 4.50. The van der Waals surface area contributed by atoms with Crippen LogP contribution in [0.3, 0.4) is 0 Å². The molecular formula is C18H19N5. The average Bonchev–Trinajstić information content (AvgIpc) is 3.17. The monoisotopic (exact) mass is 305 g/mol. The molecular weight excluding hydrogens is 286 g/mol. The van der Waals surface area contributed by atoms with E-state index in [1.807, 2.05) is 12.4 Å². The number of hydrogen-bond donors (Lipinski definition) is 2. The third-order valence-electron chi connectivity index (χ3n) is 4.50. The minimum atomic E-state index is 0.581. The van der Waals surface area contributed by atoms with Crippen molar-refractivity contribution in [2.24, 2.45) is 0 Å². The molecule has 0 bridgehead atoms. The van der Waals surface area contributed by atoms with Gasteiger partial charge in [-0.25, -0.2) is 15.0 Å². The number of piperidine rings is 1. The molecule has 5 heteroatoms. The lowest BCUT2D eigenvalue weighted by Crippen LogP contribution is -2.26. The van der Waals surface area contributed by atoms with Gasteiger partial charge in [0.05, 0.1) is 23.9 Å². The highest BCUT2D eigenvalue weighted by Gasteiger charge is 2.21. The van der Waals surface area contributed by atoms with E-state index in [2.05, 4.69) is 49.5 Å². The Bertz CT molecular complexity index is 776. The molecule has 5 nitrogen and oxygen atoms in total. The van der Waals surface area contributed by atoms with E-state index in [0.29, 0.717) is 5.92 Å². The highest BCUT2D eigenvalue weighted by Crippen LogP contribution is 2.36. The molecule has 0 saturated carbocycles. The van der Waals surface area contributed by atoms with Crippen LogP contribution < -0.4 is 5.32 Å². The molecule has 0 spiro atoms. The second-order valence-electron chi connectivity index (χ2n) is 5.86. The normalized spacial score (nSPS) is 15.7. The van der Waals surface area contributed by atoms with Gasteiger partial charge in [0.2, 0.25) is 0 Å². The van der Waals surface area contributed by atoms with E-state index in [4.69, 9.17) is 0 Å². The maximum Gasteiger partial charge on any atom is 0.116 e.